The Morgan fingerprint density at radius 3 is 1.51 bits per heavy atom. The second kappa shape index (κ2) is 12.2. The maximum atomic E-state index is 12.9. The van der Waals surface area contributed by atoms with Crippen LogP contribution < -0.4 is 14.8 Å². The number of hydrogen-bond donors (Lipinski definition) is 2. The van der Waals surface area contributed by atoms with E-state index in [1.54, 1.807) is 30.3 Å². The largest absolute Gasteiger partial charge is 0.573 e. The molecule has 212 valence electrons. The Bertz CT molecular complexity index is 1140. The van der Waals surface area contributed by atoms with Gasteiger partial charge in [-0.1, -0.05) is 54.6 Å². The molecule has 0 radical (unpaired) electrons. The van der Waals surface area contributed by atoms with Gasteiger partial charge in [-0.2, -0.15) is 13.2 Å². The van der Waals surface area contributed by atoms with E-state index in [9.17, 15) is 44.6 Å². The molecule has 0 bridgehead atoms. The number of nitrogens with one attached hydrogen (secondary N) is 1. The van der Waals surface area contributed by atoms with Crippen LogP contribution in [-0.4, -0.2) is 43.2 Å². The summed E-state index contributed by atoms with van der Waals surface area (Å²) in [6, 6.07) is 17.7. The fourth-order valence-electron chi connectivity index (χ4n) is 4.09. The quantitative estimate of drug-likeness (QED) is 0.262. The lowest BCUT2D eigenvalue weighted by Gasteiger charge is -2.30. The maximum absolute atomic E-state index is 12.9. The molecule has 39 heavy (non-hydrogen) atoms. The molecule has 0 fully saturated rings. The van der Waals surface area contributed by atoms with Gasteiger partial charge < -0.3 is 19.9 Å². The zero-order valence-electron chi connectivity index (χ0n) is 19.8. The van der Waals surface area contributed by atoms with Crippen molar-refractivity contribution >= 4 is 0 Å². The van der Waals surface area contributed by atoms with Gasteiger partial charge in [0.15, 0.2) is 6.10 Å². The van der Waals surface area contributed by atoms with E-state index < -0.39 is 54.9 Å². The summed E-state index contributed by atoms with van der Waals surface area (Å²) in [5.41, 5.74) is 0.863. The molecular formula is C26H22F9NO3. The molecule has 2 atom stereocenters. The van der Waals surface area contributed by atoms with Crippen LogP contribution in [0.4, 0.5) is 39.5 Å². The van der Waals surface area contributed by atoms with Crippen LogP contribution in [0.3, 0.4) is 0 Å². The smallest absolute Gasteiger partial charge is 0.406 e. The van der Waals surface area contributed by atoms with Gasteiger partial charge in [0, 0.05) is 24.9 Å². The van der Waals surface area contributed by atoms with Gasteiger partial charge in [-0.05, 0) is 41.0 Å². The Labute approximate surface area is 217 Å². The summed E-state index contributed by atoms with van der Waals surface area (Å²) in [7, 11) is 0. The van der Waals surface area contributed by atoms with E-state index in [2.05, 4.69) is 14.8 Å². The standard InChI is InChI=1S/C26H22F9NO3/c27-24(28,29)22(37)15-36-14-21(16-6-2-1-3-7-16)23(17-8-4-10-19(12-17)38-25(30,31)32)18-9-5-11-20(13-18)39-26(33,34)35/h1-13,21-23,36-37H,14-15H2/t21?,22-/m0/s1. The van der Waals surface area contributed by atoms with E-state index in [0.717, 1.165) is 24.3 Å². The third-order valence-electron chi connectivity index (χ3n) is 5.61. The van der Waals surface area contributed by atoms with Crippen molar-refractivity contribution in [3.05, 3.63) is 95.6 Å². The molecule has 0 saturated heterocycles. The number of aliphatic hydroxyl groups is 1. The van der Waals surface area contributed by atoms with Crippen molar-refractivity contribution in [1.82, 2.24) is 5.32 Å². The second-order valence-electron chi connectivity index (χ2n) is 8.45. The summed E-state index contributed by atoms with van der Waals surface area (Å²) in [4.78, 5) is 0. The fourth-order valence-corrected chi connectivity index (χ4v) is 4.09. The van der Waals surface area contributed by atoms with Crippen molar-refractivity contribution in [2.45, 2.75) is 36.8 Å². The SMILES string of the molecule is O[C@@H](CNCC(c1ccccc1)C(c1cccc(OC(F)(F)F)c1)c1cccc(OC(F)(F)F)c1)C(F)(F)F. The van der Waals surface area contributed by atoms with Crippen molar-refractivity contribution in [1.29, 1.82) is 0 Å². The van der Waals surface area contributed by atoms with Gasteiger partial charge in [0.25, 0.3) is 0 Å². The number of rotatable bonds is 10. The van der Waals surface area contributed by atoms with E-state index in [1.807, 2.05) is 0 Å². The fraction of sp³-hybridized carbons (Fsp3) is 0.308. The van der Waals surface area contributed by atoms with Crippen LogP contribution in [0.25, 0.3) is 0 Å². The molecular weight excluding hydrogens is 545 g/mol. The molecule has 0 aromatic heterocycles. The molecule has 0 spiro atoms. The third kappa shape index (κ3) is 9.36. The van der Waals surface area contributed by atoms with Crippen LogP contribution in [0, 0.1) is 0 Å². The number of alkyl halides is 9. The predicted octanol–water partition coefficient (Wildman–Crippen LogP) is 6.91. The maximum Gasteiger partial charge on any atom is 0.573 e. The van der Waals surface area contributed by atoms with Crippen LogP contribution in [0.1, 0.15) is 28.5 Å². The molecule has 3 aromatic carbocycles. The minimum Gasteiger partial charge on any atom is -0.406 e. The molecule has 0 aliphatic rings. The first-order valence-electron chi connectivity index (χ1n) is 11.3. The highest BCUT2D eigenvalue weighted by atomic mass is 19.4. The first kappa shape index (κ1) is 30.1. The van der Waals surface area contributed by atoms with Crippen LogP contribution in [-0.2, 0) is 0 Å². The van der Waals surface area contributed by atoms with Crippen molar-refractivity contribution in [2.75, 3.05) is 13.1 Å². The summed E-state index contributed by atoms with van der Waals surface area (Å²) >= 11 is 0. The number of benzene rings is 3. The van der Waals surface area contributed by atoms with Gasteiger partial charge in [-0.25, -0.2) is 0 Å². The average Bonchev–Trinajstić information content (AvgIpc) is 2.81. The van der Waals surface area contributed by atoms with Crippen LogP contribution in [0.15, 0.2) is 78.9 Å². The summed E-state index contributed by atoms with van der Waals surface area (Å²) in [6.45, 7) is -1.13. The van der Waals surface area contributed by atoms with E-state index in [0.29, 0.717) is 5.56 Å². The van der Waals surface area contributed by atoms with E-state index in [1.165, 1.54) is 24.3 Å². The van der Waals surface area contributed by atoms with Gasteiger partial charge >= 0.3 is 18.9 Å². The monoisotopic (exact) mass is 567 g/mol. The number of aliphatic hydroxyl groups excluding tert-OH is 1. The van der Waals surface area contributed by atoms with E-state index >= 15 is 0 Å². The zero-order valence-corrected chi connectivity index (χ0v) is 19.8. The van der Waals surface area contributed by atoms with Crippen molar-refractivity contribution in [3.63, 3.8) is 0 Å². The van der Waals surface area contributed by atoms with Crippen LogP contribution in [0.2, 0.25) is 0 Å². The molecule has 2 N–H and O–H groups in total. The lowest BCUT2D eigenvalue weighted by Crippen LogP contribution is -2.40. The lowest BCUT2D eigenvalue weighted by atomic mass is 9.77. The van der Waals surface area contributed by atoms with Gasteiger partial charge in [0.1, 0.15) is 11.5 Å². The Kier molecular flexibility index (Phi) is 9.38. The van der Waals surface area contributed by atoms with E-state index in [4.69, 9.17) is 0 Å². The number of halogens is 9. The molecule has 3 rings (SSSR count). The van der Waals surface area contributed by atoms with Crippen molar-refractivity contribution < 1.29 is 54.1 Å². The molecule has 4 nitrogen and oxygen atoms in total. The minimum atomic E-state index is -5.03. The van der Waals surface area contributed by atoms with Gasteiger partial charge in [-0.3, -0.25) is 0 Å². The minimum absolute atomic E-state index is 0.174. The molecule has 1 unspecified atom stereocenters. The molecule has 0 saturated carbocycles. The predicted molar refractivity (Wildman–Crippen MR) is 122 cm³/mol. The molecule has 0 amide bonds. The second-order valence-corrected chi connectivity index (χ2v) is 8.45. The molecule has 0 heterocycles. The highest BCUT2D eigenvalue weighted by Gasteiger charge is 2.38. The molecule has 0 aliphatic carbocycles. The Balaban J connectivity index is 2.10. The molecule has 3 aromatic rings. The lowest BCUT2D eigenvalue weighted by molar-refractivity contribution is -0.275. The van der Waals surface area contributed by atoms with Crippen LogP contribution in [0.5, 0.6) is 11.5 Å². The summed E-state index contributed by atoms with van der Waals surface area (Å²) in [5, 5.41) is 11.9. The topological polar surface area (TPSA) is 50.7 Å². The number of hydrogen-bond acceptors (Lipinski definition) is 4. The first-order chi connectivity index (χ1) is 18.1. The number of ether oxygens (including phenoxy) is 2. The summed E-state index contributed by atoms with van der Waals surface area (Å²) < 4.78 is 124. The first-order valence-corrected chi connectivity index (χ1v) is 11.3. The highest BCUT2D eigenvalue weighted by Crippen LogP contribution is 2.41. The van der Waals surface area contributed by atoms with Gasteiger partial charge in [-0.15, -0.1) is 26.3 Å². The zero-order chi connectivity index (χ0) is 28.8. The highest BCUT2D eigenvalue weighted by molar-refractivity contribution is 5.44. The summed E-state index contributed by atoms with van der Waals surface area (Å²) in [5.74, 6) is -3.01. The average molecular weight is 567 g/mol. The normalized spacial score (nSPS) is 14.2. The summed E-state index contributed by atoms with van der Waals surface area (Å²) in [6.07, 6.45) is -17.6. The Morgan fingerprint density at radius 2 is 1.08 bits per heavy atom. The van der Waals surface area contributed by atoms with Crippen molar-refractivity contribution in [2.24, 2.45) is 0 Å². The van der Waals surface area contributed by atoms with Gasteiger partial charge in [0.2, 0.25) is 0 Å². The molecule has 0 aliphatic heterocycles. The Morgan fingerprint density at radius 1 is 0.615 bits per heavy atom. The molecule has 13 heteroatoms. The van der Waals surface area contributed by atoms with Crippen molar-refractivity contribution in [3.8, 4) is 11.5 Å². The van der Waals surface area contributed by atoms with Gasteiger partial charge in [0.05, 0.1) is 0 Å². The Hall–Kier alpha value is -3.45. The van der Waals surface area contributed by atoms with Crippen LogP contribution >= 0.6 is 0 Å². The van der Waals surface area contributed by atoms with E-state index in [-0.39, 0.29) is 17.7 Å². The third-order valence-corrected chi connectivity index (χ3v) is 5.61.